The second-order valence-corrected chi connectivity index (χ2v) is 7.37. The minimum atomic E-state index is -0.952. The van der Waals surface area contributed by atoms with Crippen molar-refractivity contribution in [2.24, 2.45) is 0 Å². The Morgan fingerprint density at radius 1 is 0.971 bits per heavy atom. The summed E-state index contributed by atoms with van der Waals surface area (Å²) in [4.78, 5) is 25.5. The summed E-state index contributed by atoms with van der Waals surface area (Å²) in [6.45, 7) is 1.97. The highest BCUT2D eigenvalue weighted by Gasteiger charge is 2.30. The predicted molar refractivity (Wildman–Crippen MR) is 125 cm³/mol. The van der Waals surface area contributed by atoms with E-state index in [2.05, 4.69) is 0 Å². The molecule has 1 unspecified atom stereocenters. The molecule has 0 N–H and O–H groups in total. The van der Waals surface area contributed by atoms with E-state index >= 15 is 0 Å². The molecule has 1 aliphatic rings. The Morgan fingerprint density at radius 2 is 1.74 bits per heavy atom. The number of Topliss-reactive ketones (excluding diaryl/α,β-unsaturated/α-hetero) is 1. The van der Waals surface area contributed by atoms with Crippen LogP contribution in [0.2, 0.25) is 0 Å². The Hall–Kier alpha value is -4.26. The number of carbonyl (C=O) groups excluding carboxylic acids is 2. The normalized spacial score (nSPS) is 14.2. The Bertz CT molecular complexity index is 1230. The molecule has 0 amide bonds. The lowest BCUT2D eigenvalue weighted by molar-refractivity contribution is -0.151. The van der Waals surface area contributed by atoms with Crippen molar-refractivity contribution in [2.45, 2.75) is 13.0 Å². The maximum Gasteiger partial charge on any atom is 0.352 e. The van der Waals surface area contributed by atoms with Crippen molar-refractivity contribution in [1.82, 2.24) is 0 Å². The largest absolute Gasteiger partial charge is 0.497 e. The quantitative estimate of drug-likeness (QED) is 0.346. The topological polar surface area (TPSA) is 80.3 Å². The molecule has 0 aromatic heterocycles. The Morgan fingerprint density at radius 3 is 2.44 bits per heavy atom. The fraction of sp³-hybridized carbons (Fsp3) is 0.185. The van der Waals surface area contributed by atoms with Gasteiger partial charge in [-0.3, -0.25) is 4.79 Å². The highest BCUT2D eigenvalue weighted by atomic mass is 16.6. The van der Waals surface area contributed by atoms with Crippen LogP contribution in [-0.4, -0.2) is 32.6 Å². The van der Waals surface area contributed by atoms with E-state index in [0.717, 1.165) is 0 Å². The summed E-state index contributed by atoms with van der Waals surface area (Å²) in [5, 5.41) is 0. The number of allylic oxidation sites excluding steroid dienone is 1. The van der Waals surface area contributed by atoms with Crippen molar-refractivity contribution in [3.8, 4) is 23.0 Å². The average Bonchev–Trinajstić information content (AvgIpc) is 3.17. The third kappa shape index (κ3) is 4.73. The van der Waals surface area contributed by atoms with E-state index in [9.17, 15) is 9.59 Å². The molecule has 0 saturated carbocycles. The minimum Gasteiger partial charge on any atom is -0.497 e. The van der Waals surface area contributed by atoms with E-state index < -0.39 is 12.1 Å². The highest BCUT2D eigenvalue weighted by Crippen LogP contribution is 2.37. The van der Waals surface area contributed by atoms with Crippen LogP contribution in [0.5, 0.6) is 23.0 Å². The van der Waals surface area contributed by atoms with E-state index in [-0.39, 0.29) is 18.1 Å². The number of methoxy groups -OCH3 is 2. The standard InChI is InChI=1S/C27H24O7/c1-4-32-27(29)26(17-8-6-5-7-9-17)33-20-10-12-21-23(16-20)34-24(25(21)28)15-18-14-19(30-2)11-13-22(18)31-3/h5-16,26H,4H2,1-3H3. The van der Waals surface area contributed by atoms with Crippen molar-refractivity contribution < 1.29 is 33.3 Å². The number of hydrogen-bond acceptors (Lipinski definition) is 7. The van der Waals surface area contributed by atoms with E-state index in [1.807, 2.05) is 18.2 Å². The molecule has 4 rings (SSSR count). The Balaban J connectivity index is 1.61. The number of esters is 1. The van der Waals surface area contributed by atoms with Crippen LogP contribution in [0.25, 0.3) is 6.08 Å². The minimum absolute atomic E-state index is 0.142. The predicted octanol–water partition coefficient (Wildman–Crippen LogP) is 5.00. The number of rotatable bonds is 8. The Labute approximate surface area is 197 Å². The zero-order chi connectivity index (χ0) is 24.1. The molecule has 0 bridgehead atoms. The van der Waals surface area contributed by atoms with Gasteiger partial charge in [0, 0.05) is 17.2 Å². The molecule has 1 aliphatic heterocycles. The van der Waals surface area contributed by atoms with Gasteiger partial charge in [0.15, 0.2) is 5.76 Å². The average molecular weight is 460 g/mol. The molecular weight excluding hydrogens is 436 g/mol. The number of hydrogen-bond donors (Lipinski definition) is 0. The first-order valence-corrected chi connectivity index (χ1v) is 10.7. The van der Waals surface area contributed by atoms with Gasteiger partial charge in [0.2, 0.25) is 11.9 Å². The van der Waals surface area contributed by atoms with Crippen molar-refractivity contribution in [3.05, 3.63) is 89.2 Å². The monoisotopic (exact) mass is 460 g/mol. The lowest BCUT2D eigenvalue weighted by atomic mass is 10.1. The first-order valence-electron chi connectivity index (χ1n) is 10.7. The summed E-state index contributed by atoms with van der Waals surface area (Å²) in [6.07, 6.45) is 0.655. The van der Waals surface area contributed by atoms with E-state index in [1.54, 1.807) is 75.8 Å². The maximum absolute atomic E-state index is 12.9. The fourth-order valence-corrected chi connectivity index (χ4v) is 3.57. The zero-order valence-corrected chi connectivity index (χ0v) is 19.1. The SMILES string of the molecule is CCOC(=O)C(Oc1ccc2c(c1)OC(=Cc1cc(OC)ccc1OC)C2=O)c1ccccc1. The van der Waals surface area contributed by atoms with Crippen molar-refractivity contribution >= 4 is 17.8 Å². The summed E-state index contributed by atoms with van der Waals surface area (Å²) in [7, 11) is 3.11. The first kappa shape index (κ1) is 22.9. The van der Waals surface area contributed by atoms with Crippen molar-refractivity contribution in [3.63, 3.8) is 0 Å². The smallest absolute Gasteiger partial charge is 0.352 e. The van der Waals surface area contributed by atoms with Gasteiger partial charge in [0.25, 0.3) is 0 Å². The van der Waals surface area contributed by atoms with E-state index in [4.69, 9.17) is 23.7 Å². The van der Waals surface area contributed by atoms with Gasteiger partial charge in [-0.05, 0) is 43.3 Å². The number of ether oxygens (including phenoxy) is 5. The summed E-state index contributed by atoms with van der Waals surface area (Å²) >= 11 is 0. The lowest BCUT2D eigenvalue weighted by Crippen LogP contribution is -2.21. The van der Waals surface area contributed by atoms with Crippen LogP contribution in [-0.2, 0) is 9.53 Å². The van der Waals surface area contributed by atoms with Gasteiger partial charge in [-0.25, -0.2) is 4.79 Å². The molecule has 0 aliphatic carbocycles. The second-order valence-electron chi connectivity index (χ2n) is 7.37. The number of fused-ring (bicyclic) bond motifs is 1. The summed E-state index contributed by atoms with van der Waals surface area (Å²) in [6, 6.07) is 19.2. The van der Waals surface area contributed by atoms with Gasteiger partial charge in [0.1, 0.15) is 23.0 Å². The molecule has 0 radical (unpaired) electrons. The summed E-state index contributed by atoms with van der Waals surface area (Å²) in [5.74, 6) is 1.28. The molecule has 3 aromatic carbocycles. The van der Waals surface area contributed by atoms with Gasteiger partial charge in [-0.2, -0.15) is 0 Å². The number of ketones is 1. The molecule has 7 heteroatoms. The van der Waals surface area contributed by atoms with Crippen LogP contribution >= 0.6 is 0 Å². The molecule has 1 atom stereocenters. The second kappa shape index (κ2) is 10.1. The molecule has 34 heavy (non-hydrogen) atoms. The summed E-state index contributed by atoms with van der Waals surface area (Å²) < 4.78 is 27.7. The van der Waals surface area contributed by atoms with Crippen LogP contribution in [0.1, 0.15) is 34.5 Å². The molecule has 1 heterocycles. The van der Waals surface area contributed by atoms with Gasteiger partial charge in [0.05, 0.1) is 26.4 Å². The highest BCUT2D eigenvalue weighted by molar-refractivity contribution is 6.14. The van der Waals surface area contributed by atoms with Crippen molar-refractivity contribution in [2.75, 3.05) is 20.8 Å². The van der Waals surface area contributed by atoms with Crippen LogP contribution in [0.4, 0.5) is 0 Å². The van der Waals surface area contributed by atoms with Gasteiger partial charge >= 0.3 is 5.97 Å². The van der Waals surface area contributed by atoms with Gasteiger partial charge in [-0.15, -0.1) is 0 Å². The molecule has 0 fully saturated rings. The fourth-order valence-electron chi connectivity index (χ4n) is 3.57. The van der Waals surface area contributed by atoms with Gasteiger partial charge in [-0.1, -0.05) is 30.3 Å². The molecule has 174 valence electrons. The molecule has 0 saturated heterocycles. The van der Waals surface area contributed by atoms with Crippen LogP contribution in [0.3, 0.4) is 0 Å². The lowest BCUT2D eigenvalue weighted by Gasteiger charge is -2.18. The third-order valence-corrected chi connectivity index (χ3v) is 5.22. The van der Waals surface area contributed by atoms with Crippen LogP contribution in [0, 0.1) is 0 Å². The summed E-state index contributed by atoms with van der Waals surface area (Å²) in [5.41, 5.74) is 1.69. The van der Waals surface area contributed by atoms with Gasteiger partial charge < -0.3 is 23.7 Å². The molecular formula is C27H24O7. The van der Waals surface area contributed by atoms with E-state index in [0.29, 0.717) is 39.7 Å². The number of carbonyl (C=O) groups is 2. The third-order valence-electron chi connectivity index (χ3n) is 5.22. The molecule has 0 spiro atoms. The number of benzene rings is 3. The van der Waals surface area contributed by atoms with Crippen molar-refractivity contribution in [1.29, 1.82) is 0 Å². The maximum atomic E-state index is 12.9. The molecule has 3 aromatic rings. The van der Waals surface area contributed by atoms with E-state index in [1.165, 1.54) is 0 Å². The van der Waals surface area contributed by atoms with Crippen LogP contribution < -0.4 is 18.9 Å². The molecule has 7 nitrogen and oxygen atoms in total. The Kier molecular flexibility index (Phi) is 6.82. The zero-order valence-electron chi connectivity index (χ0n) is 19.1. The first-order chi connectivity index (χ1) is 16.5. The van der Waals surface area contributed by atoms with Crippen LogP contribution in [0.15, 0.2) is 72.5 Å².